The van der Waals surface area contributed by atoms with Crippen LogP contribution in [0.25, 0.3) is 10.8 Å². The number of hydrogen-bond donors (Lipinski definition) is 2. The molecule has 6 heteroatoms. The van der Waals surface area contributed by atoms with E-state index >= 15 is 0 Å². The molecule has 0 aromatic heterocycles. The Morgan fingerprint density at radius 1 is 1.07 bits per heavy atom. The van der Waals surface area contributed by atoms with Crippen LogP contribution in [-0.4, -0.2) is 36.5 Å². The molecule has 27 heavy (non-hydrogen) atoms. The summed E-state index contributed by atoms with van der Waals surface area (Å²) in [5.41, 5.74) is 0.466. The van der Waals surface area contributed by atoms with Crippen LogP contribution in [0.4, 0.5) is 0 Å². The highest BCUT2D eigenvalue weighted by Gasteiger charge is 2.23. The van der Waals surface area contributed by atoms with Crippen molar-refractivity contribution in [3.63, 3.8) is 0 Å². The first-order chi connectivity index (χ1) is 13.0. The van der Waals surface area contributed by atoms with Crippen LogP contribution in [0.3, 0.4) is 0 Å². The van der Waals surface area contributed by atoms with Gasteiger partial charge in [-0.1, -0.05) is 43.2 Å². The summed E-state index contributed by atoms with van der Waals surface area (Å²) in [4.78, 5) is 36.2. The van der Waals surface area contributed by atoms with Crippen molar-refractivity contribution in [3.8, 4) is 0 Å². The Bertz CT molecular complexity index is 843. The molecule has 2 aromatic rings. The third-order valence-corrected chi connectivity index (χ3v) is 4.78. The number of carbonyl (C=O) groups is 3. The first-order valence-electron chi connectivity index (χ1n) is 9.30. The Labute approximate surface area is 158 Å². The van der Waals surface area contributed by atoms with Crippen molar-refractivity contribution >= 4 is 28.6 Å². The van der Waals surface area contributed by atoms with Crippen LogP contribution in [0.1, 0.15) is 43.0 Å². The van der Waals surface area contributed by atoms with E-state index in [1.165, 1.54) is 6.92 Å². The highest BCUT2D eigenvalue weighted by Crippen LogP contribution is 2.18. The number of ether oxygens (including phenoxy) is 1. The zero-order chi connectivity index (χ0) is 19.2. The molecule has 2 amide bonds. The summed E-state index contributed by atoms with van der Waals surface area (Å²) in [6.45, 7) is 1.25. The van der Waals surface area contributed by atoms with Crippen LogP contribution in [0.2, 0.25) is 0 Å². The summed E-state index contributed by atoms with van der Waals surface area (Å²) in [7, 11) is 0. The molecule has 0 radical (unpaired) electrons. The Morgan fingerprint density at radius 3 is 2.52 bits per heavy atom. The third-order valence-electron chi connectivity index (χ3n) is 4.78. The number of benzene rings is 2. The lowest BCUT2D eigenvalue weighted by atomic mass is 10.1. The zero-order valence-electron chi connectivity index (χ0n) is 15.4. The monoisotopic (exact) mass is 368 g/mol. The molecule has 1 aliphatic carbocycles. The molecule has 0 bridgehead atoms. The average molecular weight is 368 g/mol. The van der Waals surface area contributed by atoms with Gasteiger partial charge in [-0.2, -0.15) is 0 Å². The second kappa shape index (κ2) is 8.66. The maximum atomic E-state index is 12.2. The number of rotatable bonds is 6. The maximum absolute atomic E-state index is 12.2. The normalized spacial score (nSPS) is 15.3. The lowest BCUT2D eigenvalue weighted by molar-refractivity contribution is -0.154. The third kappa shape index (κ3) is 5.06. The second-order valence-corrected chi connectivity index (χ2v) is 6.87. The van der Waals surface area contributed by atoms with E-state index in [9.17, 15) is 14.4 Å². The minimum atomic E-state index is -0.879. The standard InChI is InChI=1S/C21H24N2O4/c1-14(20(25)23-18-8-4-5-9-18)27-19(24)13-22-21(26)17-11-10-15-6-2-3-7-16(15)12-17/h2-3,6-7,10-12,14,18H,4-5,8-9,13H2,1H3,(H,22,26)(H,23,25)/t14-/m1/s1. The van der Waals surface area contributed by atoms with E-state index in [0.29, 0.717) is 5.56 Å². The van der Waals surface area contributed by atoms with E-state index in [0.717, 1.165) is 36.5 Å². The molecule has 0 saturated heterocycles. The number of nitrogens with one attached hydrogen (secondary N) is 2. The molecule has 1 fully saturated rings. The molecule has 1 aliphatic rings. The minimum absolute atomic E-state index is 0.172. The van der Waals surface area contributed by atoms with Gasteiger partial charge in [0.2, 0.25) is 0 Å². The van der Waals surface area contributed by atoms with Crippen LogP contribution >= 0.6 is 0 Å². The van der Waals surface area contributed by atoms with E-state index in [1.54, 1.807) is 12.1 Å². The van der Waals surface area contributed by atoms with Crippen LogP contribution in [0, 0.1) is 0 Å². The van der Waals surface area contributed by atoms with E-state index < -0.39 is 12.1 Å². The van der Waals surface area contributed by atoms with Gasteiger partial charge in [-0.25, -0.2) is 0 Å². The minimum Gasteiger partial charge on any atom is -0.451 e. The van der Waals surface area contributed by atoms with Crippen molar-refractivity contribution in [1.82, 2.24) is 10.6 Å². The highest BCUT2D eigenvalue weighted by atomic mass is 16.5. The van der Waals surface area contributed by atoms with Crippen molar-refractivity contribution in [2.45, 2.75) is 44.8 Å². The van der Waals surface area contributed by atoms with Gasteiger partial charge in [0.15, 0.2) is 6.10 Å². The molecular formula is C21H24N2O4. The predicted molar refractivity (Wildman–Crippen MR) is 102 cm³/mol. The number of esters is 1. The van der Waals surface area contributed by atoms with E-state index in [2.05, 4.69) is 10.6 Å². The molecule has 2 N–H and O–H groups in total. The van der Waals surface area contributed by atoms with Gasteiger partial charge in [0.25, 0.3) is 11.8 Å². The molecule has 1 saturated carbocycles. The topological polar surface area (TPSA) is 84.5 Å². The molecule has 2 aromatic carbocycles. The molecule has 0 aliphatic heterocycles. The van der Waals surface area contributed by atoms with Crippen molar-refractivity contribution in [2.75, 3.05) is 6.54 Å². The Hall–Kier alpha value is -2.89. The Kier molecular flexibility index (Phi) is 6.06. The fraction of sp³-hybridized carbons (Fsp3) is 0.381. The van der Waals surface area contributed by atoms with Crippen molar-refractivity contribution in [3.05, 3.63) is 48.0 Å². The summed E-state index contributed by atoms with van der Waals surface area (Å²) in [6.07, 6.45) is 3.28. The van der Waals surface area contributed by atoms with Crippen molar-refractivity contribution < 1.29 is 19.1 Å². The molecule has 0 unspecified atom stereocenters. The van der Waals surface area contributed by atoms with Gasteiger partial charge in [-0.05, 0) is 42.7 Å². The van der Waals surface area contributed by atoms with Crippen molar-refractivity contribution in [2.24, 2.45) is 0 Å². The van der Waals surface area contributed by atoms with Gasteiger partial charge in [-0.3, -0.25) is 14.4 Å². The largest absolute Gasteiger partial charge is 0.451 e. The smallest absolute Gasteiger partial charge is 0.326 e. The van der Waals surface area contributed by atoms with Crippen molar-refractivity contribution in [1.29, 1.82) is 0 Å². The first kappa shape index (κ1) is 18.9. The maximum Gasteiger partial charge on any atom is 0.326 e. The second-order valence-electron chi connectivity index (χ2n) is 6.87. The van der Waals surface area contributed by atoms with E-state index in [1.807, 2.05) is 30.3 Å². The first-order valence-corrected chi connectivity index (χ1v) is 9.30. The van der Waals surface area contributed by atoms with Crippen LogP contribution in [-0.2, 0) is 14.3 Å². The Morgan fingerprint density at radius 2 is 1.78 bits per heavy atom. The SMILES string of the molecule is C[C@@H](OC(=O)CNC(=O)c1ccc2ccccc2c1)C(=O)NC1CCCC1. The summed E-state index contributed by atoms with van der Waals surface area (Å²) < 4.78 is 5.11. The quantitative estimate of drug-likeness (QED) is 0.768. The van der Waals surface area contributed by atoms with Gasteiger partial charge in [-0.15, -0.1) is 0 Å². The molecule has 6 nitrogen and oxygen atoms in total. The van der Waals surface area contributed by atoms with E-state index in [4.69, 9.17) is 4.74 Å². The Balaban J connectivity index is 1.47. The van der Waals surface area contributed by atoms with Gasteiger partial charge in [0.05, 0.1) is 0 Å². The molecule has 0 heterocycles. The summed E-state index contributed by atoms with van der Waals surface area (Å²) in [6, 6.07) is 13.2. The number of amides is 2. The fourth-order valence-electron chi connectivity index (χ4n) is 3.27. The summed E-state index contributed by atoms with van der Waals surface area (Å²) in [5.74, 6) is -1.30. The van der Waals surface area contributed by atoms with Crippen LogP contribution in [0.5, 0.6) is 0 Å². The van der Waals surface area contributed by atoms with E-state index in [-0.39, 0.29) is 24.4 Å². The zero-order valence-corrected chi connectivity index (χ0v) is 15.4. The lowest BCUT2D eigenvalue weighted by Gasteiger charge is -2.17. The number of fused-ring (bicyclic) bond motifs is 1. The molecule has 3 rings (SSSR count). The number of carbonyl (C=O) groups excluding carboxylic acids is 3. The van der Waals surface area contributed by atoms with Gasteiger partial charge >= 0.3 is 5.97 Å². The molecular weight excluding hydrogens is 344 g/mol. The summed E-state index contributed by atoms with van der Waals surface area (Å²) >= 11 is 0. The highest BCUT2D eigenvalue weighted by molar-refractivity contribution is 5.99. The fourth-order valence-corrected chi connectivity index (χ4v) is 3.27. The van der Waals surface area contributed by atoms with Gasteiger partial charge in [0, 0.05) is 11.6 Å². The molecule has 0 spiro atoms. The van der Waals surface area contributed by atoms with Crippen LogP contribution < -0.4 is 10.6 Å². The van der Waals surface area contributed by atoms with Gasteiger partial charge < -0.3 is 15.4 Å². The number of hydrogen-bond acceptors (Lipinski definition) is 4. The predicted octanol–water partition coefficient (Wildman–Crippen LogP) is 2.56. The molecule has 1 atom stereocenters. The average Bonchev–Trinajstić information content (AvgIpc) is 3.18. The summed E-state index contributed by atoms with van der Waals surface area (Å²) in [5, 5.41) is 7.41. The van der Waals surface area contributed by atoms with Crippen LogP contribution in [0.15, 0.2) is 42.5 Å². The molecule has 142 valence electrons. The van der Waals surface area contributed by atoms with Gasteiger partial charge in [0.1, 0.15) is 6.54 Å². The lowest BCUT2D eigenvalue weighted by Crippen LogP contribution is -2.42.